The highest BCUT2D eigenvalue weighted by atomic mass is 16.1. The van der Waals surface area contributed by atoms with Crippen LogP contribution < -0.4 is 10.2 Å². The molecule has 0 spiro atoms. The standard InChI is InChI=1S/C18H23N5O/c1-12-10-13(2)21-18(20-12)23-9-5-8-17(23)16-7-4-6-15(22-16)11-19-14(3)24/h4,6-7,10,17H,5,8-9,11H2,1-3H3,(H,19,24)/t17-/m1/s1. The minimum absolute atomic E-state index is 0.0478. The predicted octanol–water partition coefficient (Wildman–Crippen LogP) is 2.47. The highest BCUT2D eigenvalue weighted by Gasteiger charge is 2.29. The van der Waals surface area contributed by atoms with Gasteiger partial charge in [-0.2, -0.15) is 0 Å². The maximum atomic E-state index is 11.1. The highest BCUT2D eigenvalue weighted by molar-refractivity contribution is 5.72. The van der Waals surface area contributed by atoms with Gasteiger partial charge in [0.1, 0.15) is 0 Å². The number of rotatable bonds is 4. The molecule has 3 rings (SSSR count). The van der Waals surface area contributed by atoms with Gasteiger partial charge in [-0.05, 0) is 44.9 Å². The van der Waals surface area contributed by atoms with E-state index in [0.29, 0.717) is 6.54 Å². The molecule has 1 amide bonds. The Hall–Kier alpha value is -2.50. The summed E-state index contributed by atoms with van der Waals surface area (Å²) in [4.78, 5) is 27.3. The van der Waals surface area contributed by atoms with Crippen LogP contribution in [0.15, 0.2) is 24.3 Å². The number of anilines is 1. The lowest BCUT2D eigenvalue weighted by atomic mass is 10.1. The summed E-state index contributed by atoms with van der Waals surface area (Å²) < 4.78 is 0. The summed E-state index contributed by atoms with van der Waals surface area (Å²) >= 11 is 0. The Morgan fingerprint density at radius 1 is 1.25 bits per heavy atom. The molecule has 0 saturated carbocycles. The fourth-order valence-corrected chi connectivity index (χ4v) is 3.15. The van der Waals surface area contributed by atoms with Crippen LogP contribution in [0.4, 0.5) is 5.95 Å². The molecule has 2 aromatic rings. The topological polar surface area (TPSA) is 71.0 Å². The third-order valence-corrected chi connectivity index (χ3v) is 4.17. The van der Waals surface area contributed by atoms with Crippen molar-refractivity contribution >= 4 is 11.9 Å². The number of nitrogens with zero attached hydrogens (tertiary/aromatic N) is 4. The molecule has 6 heteroatoms. The molecule has 0 unspecified atom stereocenters. The lowest BCUT2D eigenvalue weighted by Crippen LogP contribution is -2.26. The molecule has 0 bridgehead atoms. The maximum absolute atomic E-state index is 11.1. The molecule has 3 heterocycles. The minimum atomic E-state index is -0.0478. The zero-order chi connectivity index (χ0) is 17.1. The zero-order valence-electron chi connectivity index (χ0n) is 14.4. The lowest BCUT2D eigenvalue weighted by Gasteiger charge is -2.25. The van der Waals surface area contributed by atoms with Crippen molar-refractivity contribution in [2.45, 2.75) is 46.2 Å². The van der Waals surface area contributed by atoms with E-state index in [4.69, 9.17) is 4.98 Å². The quantitative estimate of drug-likeness (QED) is 0.935. The summed E-state index contributed by atoms with van der Waals surface area (Å²) in [5.74, 6) is 0.734. The zero-order valence-corrected chi connectivity index (χ0v) is 14.4. The number of pyridine rings is 1. The molecule has 1 fully saturated rings. The van der Waals surface area contributed by atoms with Crippen molar-refractivity contribution in [3.8, 4) is 0 Å². The maximum Gasteiger partial charge on any atom is 0.226 e. The monoisotopic (exact) mass is 325 g/mol. The van der Waals surface area contributed by atoms with Crippen molar-refractivity contribution < 1.29 is 4.79 Å². The van der Waals surface area contributed by atoms with Crippen LogP contribution >= 0.6 is 0 Å². The summed E-state index contributed by atoms with van der Waals surface area (Å²) in [6.45, 7) is 6.90. The average molecular weight is 325 g/mol. The van der Waals surface area contributed by atoms with Crippen molar-refractivity contribution in [3.05, 3.63) is 47.0 Å². The fourth-order valence-electron chi connectivity index (χ4n) is 3.15. The molecular weight excluding hydrogens is 302 g/mol. The van der Waals surface area contributed by atoms with Crippen LogP contribution in [0, 0.1) is 13.8 Å². The number of hydrogen-bond donors (Lipinski definition) is 1. The highest BCUT2D eigenvalue weighted by Crippen LogP contribution is 2.33. The fraction of sp³-hybridized carbons (Fsp3) is 0.444. The third kappa shape index (κ3) is 3.69. The van der Waals surface area contributed by atoms with E-state index in [0.717, 1.165) is 48.1 Å². The summed E-state index contributed by atoms with van der Waals surface area (Å²) in [6.07, 6.45) is 2.13. The second-order valence-electron chi connectivity index (χ2n) is 6.27. The number of carbonyl (C=O) groups is 1. The number of carbonyl (C=O) groups excluding carboxylic acids is 1. The van der Waals surface area contributed by atoms with Crippen molar-refractivity contribution in [2.75, 3.05) is 11.4 Å². The summed E-state index contributed by atoms with van der Waals surface area (Å²) in [6, 6.07) is 8.15. The van der Waals surface area contributed by atoms with Crippen LogP contribution in [0.1, 0.15) is 48.6 Å². The van der Waals surface area contributed by atoms with Crippen LogP contribution in [-0.4, -0.2) is 27.4 Å². The van der Waals surface area contributed by atoms with Crippen molar-refractivity contribution in [1.82, 2.24) is 20.3 Å². The first-order chi connectivity index (χ1) is 11.5. The number of aryl methyl sites for hydroxylation is 2. The molecule has 0 aromatic carbocycles. The second-order valence-corrected chi connectivity index (χ2v) is 6.27. The molecule has 2 aromatic heterocycles. The first-order valence-corrected chi connectivity index (χ1v) is 8.32. The number of hydrogen-bond acceptors (Lipinski definition) is 5. The van der Waals surface area contributed by atoms with E-state index in [1.165, 1.54) is 6.92 Å². The van der Waals surface area contributed by atoms with Crippen LogP contribution in [-0.2, 0) is 11.3 Å². The second kappa shape index (κ2) is 6.95. The smallest absolute Gasteiger partial charge is 0.226 e. The van der Waals surface area contributed by atoms with Gasteiger partial charge in [-0.15, -0.1) is 0 Å². The van der Waals surface area contributed by atoms with Crippen LogP contribution in [0.5, 0.6) is 0 Å². The van der Waals surface area contributed by atoms with Crippen LogP contribution in [0.2, 0.25) is 0 Å². The molecule has 1 atom stereocenters. The summed E-state index contributed by atoms with van der Waals surface area (Å²) in [7, 11) is 0. The van der Waals surface area contributed by atoms with Gasteiger partial charge in [-0.25, -0.2) is 9.97 Å². The molecule has 24 heavy (non-hydrogen) atoms. The van der Waals surface area contributed by atoms with Gasteiger partial charge in [0.15, 0.2) is 0 Å². The Morgan fingerprint density at radius 3 is 2.71 bits per heavy atom. The Bertz CT molecular complexity index is 726. The predicted molar refractivity (Wildman–Crippen MR) is 92.6 cm³/mol. The molecular formula is C18H23N5O. The summed E-state index contributed by atoms with van der Waals surface area (Å²) in [5, 5.41) is 2.80. The van der Waals surface area contributed by atoms with E-state index in [1.54, 1.807) is 0 Å². The van der Waals surface area contributed by atoms with E-state index in [-0.39, 0.29) is 11.9 Å². The van der Waals surface area contributed by atoms with Gasteiger partial charge in [0.05, 0.1) is 24.0 Å². The molecule has 1 aliphatic rings. The molecule has 0 aliphatic carbocycles. The Balaban J connectivity index is 1.85. The van der Waals surface area contributed by atoms with E-state index >= 15 is 0 Å². The minimum Gasteiger partial charge on any atom is -0.351 e. The average Bonchev–Trinajstić information content (AvgIpc) is 3.02. The number of aromatic nitrogens is 3. The third-order valence-electron chi connectivity index (χ3n) is 4.17. The van der Waals surface area contributed by atoms with Crippen LogP contribution in [0.3, 0.4) is 0 Å². The Kier molecular flexibility index (Phi) is 4.74. The Labute approximate surface area is 142 Å². The largest absolute Gasteiger partial charge is 0.351 e. The van der Waals surface area contributed by atoms with Gasteiger partial charge in [0.25, 0.3) is 0 Å². The van der Waals surface area contributed by atoms with Gasteiger partial charge in [0, 0.05) is 24.9 Å². The normalized spacial score (nSPS) is 17.1. The van der Waals surface area contributed by atoms with Gasteiger partial charge in [-0.3, -0.25) is 9.78 Å². The van der Waals surface area contributed by atoms with Crippen molar-refractivity contribution in [2.24, 2.45) is 0 Å². The first kappa shape index (κ1) is 16.4. The molecule has 6 nitrogen and oxygen atoms in total. The van der Waals surface area contributed by atoms with E-state index in [2.05, 4.69) is 20.2 Å². The van der Waals surface area contributed by atoms with Gasteiger partial charge < -0.3 is 10.2 Å². The first-order valence-electron chi connectivity index (χ1n) is 8.32. The van der Waals surface area contributed by atoms with E-state index in [9.17, 15) is 4.79 Å². The van der Waals surface area contributed by atoms with Crippen molar-refractivity contribution in [3.63, 3.8) is 0 Å². The van der Waals surface area contributed by atoms with E-state index in [1.807, 2.05) is 38.1 Å². The molecule has 126 valence electrons. The number of nitrogens with one attached hydrogen (secondary N) is 1. The van der Waals surface area contributed by atoms with Gasteiger partial charge in [0.2, 0.25) is 11.9 Å². The molecule has 1 N–H and O–H groups in total. The van der Waals surface area contributed by atoms with E-state index < -0.39 is 0 Å². The molecule has 1 saturated heterocycles. The Morgan fingerprint density at radius 2 is 2.00 bits per heavy atom. The summed E-state index contributed by atoms with van der Waals surface area (Å²) in [5.41, 5.74) is 3.85. The van der Waals surface area contributed by atoms with Gasteiger partial charge in [-0.1, -0.05) is 6.07 Å². The molecule has 0 radical (unpaired) electrons. The van der Waals surface area contributed by atoms with Gasteiger partial charge >= 0.3 is 0 Å². The molecule has 1 aliphatic heterocycles. The lowest BCUT2D eigenvalue weighted by molar-refractivity contribution is -0.119. The SMILES string of the molecule is CC(=O)NCc1cccc([C@H]2CCCN2c2nc(C)cc(C)n2)n1. The van der Waals surface area contributed by atoms with Crippen LogP contribution in [0.25, 0.3) is 0 Å². The number of amides is 1. The van der Waals surface area contributed by atoms with Crippen molar-refractivity contribution in [1.29, 1.82) is 0 Å².